The summed E-state index contributed by atoms with van der Waals surface area (Å²) < 4.78 is 2.13. The van der Waals surface area contributed by atoms with Crippen LogP contribution in [0.4, 0.5) is 5.69 Å². The summed E-state index contributed by atoms with van der Waals surface area (Å²) >= 11 is 6.03. The molecular weight excluding hydrogens is 282 g/mol. The Morgan fingerprint density at radius 3 is 2.67 bits per heavy atom. The number of benzene rings is 2. The summed E-state index contributed by atoms with van der Waals surface area (Å²) in [6.45, 7) is 0.765. The minimum Gasteiger partial charge on any atom is -0.399 e. The molecule has 0 aliphatic rings. The van der Waals surface area contributed by atoms with Crippen molar-refractivity contribution >= 4 is 17.3 Å². The number of imidazole rings is 1. The fraction of sp³-hybridized carbons (Fsp3) is 0.118. The van der Waals surface area contributed by atoms with E-state index in [1.54, 1.807) is 0 Å². The Bertz CT molecular complexity index is 687. The second-order valence-electron chi connectivity index (χ2n) is 5.02. The Kier molecular flexibility index (Phi) is 3.93. The van der Waals surface area contributed by atoms with E-state index >= 15 is 0 Å². The van der Waals surface area contributed by atoms with Crippen molar-refractivity contribution in [1.82, 2.24) is 9.55 Å². The van der Waals surface area contributed by atoms with E-state index in [0.29, 0.717) is 0 Å². The maximum absolute atomic E-state index is 6.03. The molecule has 3 nitrogen and oxygen atoms in total. The van der Waals surface area contributed by atoms with Gasteiger partial charge in [0.05, 0.1) is 0 Å². The molecule has 2 N–H and O–H groups in total. The van der Waals surface area contributed by atoms with Crippen LogP contribution in [0.25, 0.3) is 0 Å². The van der Waals surface area contributed by atoms with Crippen LogP contribution in [-0.4, -0.2) is 9.55 Å². The lowest BCUT2D eigenvalue weighted by Crippen LogP contribution is -2.05. The van der Waals surface area contributed by atoms with Gasteiger partial charge in [0.2, 0.25) is 0 Å². The number of rotatable bonds is 4. The molecule has 4 heteroatoms. The van der Waals surface area contributed by atoms with Crippen LogP contribution in [-0.2, 0) is 13.0 Å². The van der Waals surface area contributed by atoms with E-state index in [2.05, 4.69) is 21.7 Å². The smallest absolute Gasteiger partial charge is 0.113 e. The molecule has 0 bridgehead atoms. The molecule has 0 amide bonds. The highest BCUT2D eigenvalue weighted by Gasteiger charge is 2.05. The summed E-state index contributed by atoms with van der Waals surface area (Å²) in [4.78, 5) is 4.45. The first-order valence-corrected chi connectivity index (χ1v) is 7.17. The zero-order chi connectivity index (χ0) is 14.7. The first-order chi connectivity index (χ1) is 10.2. The topological polar surface area (TPSA) is 43.8 Å². The Morgan fingerprint density at radius 2 is 1.86 bits per heavy atom. The summed E-state index contributed by atoms with van der Waals surface area (Å²) in [6.07, 6.45) is 4.57. The average molecular weight is 298 g/mol. The number of anilines is 1. The largest absolute Gasteiger partial charge is 0.399 e. The fourth-order valence-electron chi connectivity index (χ4n) is 2.37. The number of nitrogen functional groups attached to an aromatic ring is 1. The van der Waals surface area contributed by atoms with Gasteiger partial charge in [0.25, 0.3) is 0 Å². The number of nitrogens with zero attached hydrogens (tertiary/aromatic N) is 2. The Hall–Kier alpha value is -2.26. The molecule has 2 aromatic carbocycles. The molecule has 0 atom stereocenters. The summed E-state index contributed by atoms with van der Waals surface area (Å²) in [6, 6.07) is 15.8. The summed E-state index contributed by atoms with van der Waals surface area (Å²) in [5.74, 6) is 1.01. The van der Waals surface area contributed by atoms with Crippen LogP contribution in [0.5, 0.6) is 0 Å². The molecule has 0 radical (unpaired) electrons. The van der Waals surface area contributed by atoms with Crippen molar-refractivity contribution in [2.24, 2.45) is 0 Å². The van der Waals surface area contributed by atoms with Crippen molar-refractivity contribution in [3.05, 3.63) is 82.9 Å². The van der Waals surface area contributed by atoms with E-state index in [4.69, 9.17) is 17.3 Å². The van der Waals surface area contributed by atoms with Crippen molar-refractivity contribution in [3.8, 4) is 0 Å². The van der Waals surface area contributed by atoms with Gasteiger partial charge in [0, 0.05) is 36.1 Å². The molecule has 0 saturated heterocycles. The summed E-state index contributed by atoms with van der Waals surface area (Å²) in [5, 5.41) is 0.751. The van der Waals surface area contributed by atoms with Gasteiger partial charge in [-0.15, -0.1) is 0 Å². The van der Waals surface area contributed by atoms with Gasteiger partial charge in [-0.2, -0.15) is 0 Å². The van der Waals surface area contributed by atoms with Crippen LogP contribution in [0.2, 0.25) is 5.02 Å². The zero-order valence-electron chi connectivity index (χ0n) is 11.5. The maximum Gasteiger partial charge on any atom is 0.113 e. The van der Waals surface area contributed by atoms with Crippen LogP contribution in [0.3, 0.4) is 0 Å². The SMILES string of the molecule is Nc1cccc(Cn2ccnc2Cc2cccc(Cl)c2)c1. The maximum atomic E-state index is 6.03. The Balaban J connectivity index is 1.81. The van der Waals surface area contributed by atoms with Crippen molar-refractivity contribution in [3.63, 3.8) is 0 Å². The van der Waals surface area contributed by atoms with E-state index in [1.807, 2.05) is 48.8 Å². The molecule has 0 aliphatic heterocycles. The van der Waals surface area contributed by atoms with Crippen molar-refractivity contribution in [2.45, 2.75) is 13.0 Å². The molecule has 1 aromatic heterocycles. The van der Waals surface area contributed by atoms with E-state index in [1.165, 1.54) is 5.56 Å². The molecule has 106 valence electrons. The van der Waals surface area contributed by atoms with Crippen LogP contribution in [0.15, 0.2) is 60.9 Å². The van der Waals surface area contributed by atoms with Gasteiger partial charge in [-0.25, -0.2) is 4.98 Å². The van der Waals surface area contributed by atoms with E-state index < -0.39 is 0 Å². The molecule has 0 saturated carbocycles. The van der Waals surface area contributed by atoms with Gasteiger partial charge in [0.15, 0.2) is 0 Å². The number of nitrogens with two attached hydrogens (primary N) is 1. The van der Waals surface area contributed by atoms with Gasteiger partial charge in [-0.05, 0) is 35.4 Å². The van der Waals surface area contributed by atoms with E-state index in [9.17, 15) is 0 Å². The second kappa shape index (κ2) is 6.02. The summed E-state index contributed by atoms with van der Waals surface area (Å²) in [5.41, 5.74) is 8.93. The second-order valence-corrected chi connectivity index (χ2v) is 5.46. The normalized spacial score (nSPS) is 10.7. The van der Waals surface area contributed by atoms with Crippen molar-refractivity contribution in [1.29, 1.82) is 0 Å². The molecule has 0 unspecified atom stereocenters. The van der Waals surface area contributed by atoms with E-state index in [0.717, 1.165) is 35.1 Å². The van der Waals surface area contributed by atoms with Gasteiger partial charge in [0.1, 0.15) is 5.82 Å². The van der Waals surface area contributed by atoms with Gasteiger partial charge >= 0.3 is 0 Å². The number of hydrogen-bond donors (Lipinski definition) is 1. The Morgan fingerprint density at radius 1 is 1.05 bits per heavy atom. The summed E-state index contributed by atoms with van der Waals surface area (Å²) in [7, 11) is 0. The zero-order valence-corrected chi connectivity index (χ0v) is 12.3. The standard InChI is InChI=1S/C17H16ClN3/c18-15-5-1-3-13(9-15)11-17-20-7-8-21(17)12-14-4-2-6-16(19)10-14/h1-10H,11-12,19H2. The quantitative estimate of drug-likeness (QED) is 0.745. The third-order valence-corrected chi connectivity index (χ3v) is 3.59. The van der Waals surface area contributed by atoms with Gasteiger partial charge < -0.3 is 10.3 Å². The third-order valence-electron chi connectivity index (χ3n) is 3.36. The van der Waals surface area contributed by atoms with Gasteiger partial charge in [-0.1, -0.05) is 35.9 Å². The highest BCUT2D eigenvalue weighted by Crippen LogP contribution is 2.15. The molecule has 0 fully saturated rings. The third kappa shape index (κ3) is 3.44. The molecule has 0 spiro atoms. The lowest BCUT2D eigenvalue weighted by atomic mass is 10.1. The lowest BCUT2D eigenvalue weighted by Gasteiger charge is -2.09. The van der Waals surface area contributed by atoms with Crippen molar-refractivity contribution in [2.75, 3.05) is 5.73 Å². The molecule has 1 heterocycles. The first-order valence-electron chi connectivity index (χ1n) is 6.79. The fourth-order valence-corrected chi connectivity index (χ4v) is 2.58. The van der Waals surface area contributed by atoms with Crippen LogP contribution < -0.4 is 5.73 Å². The Labute approximate surface area is 129 Å². The first kappa shape index (κ1) is 13.7. The number of halogens is 1. The lowest BCUT2D eigenvalue weighted by molar-refractivity contribution is 0.741. The molecular formula is C17H16ClN3. The highest BCUT2D eigenvalue weighted by atomic mass is 35.5. The molecule has 21 heavy (non-hydrogen) atoms. The van der Waals surface area contributed by atoms with Crippen LogP contribution >= 0.6 is 11.6 Å². The van der Waals surface area contributed by atoms with Gasteiger partial charge in [-0.3, -0.25) is 0 Å². The van der Waals surface area contributed by atoms with Crippen LogP contribution in [0, 0.1) is 0 Å². The minimum absolute atomic E-state index is 0.751. The predicted molar refractivity (Wildman–Crippen MR) is 86.4 cm³/mol. The average Bonchev–Trinajstić information content (AvgIpc) is 2.86. The van der Waals surface area contributed by atoms with E-state index in [-0.39, 0.29) is 0 Å². The number of hydrogen-bond acceptors (Lipinski definition) is 2. The monoisotopic (exact) mass is 297 g/mol. The van der Waals surface area contributed by atoms with Crippen LogP contribution in [0.1, 0.15) is 17.0 Å². The molecule has 3 aromatic rings. The predicted octanol–water partition coefficient (Wildman–Crippen LogP) is 3.76. The highest BCUT2D eigenvalue weighted by molar-refractivity contribution is 6.30. The number of aromatic nitrogens is 2. The van der Waals surface area contributed by atoms with Crippen molar-refractivity contribution < 1.29 is 0 Å². The molecule has 0 aliphatic carbocycles. The minimum atomic E-state index is 0.751. The molecule has 3 rings (SSSR count).